The minimum atomic E-state index is 0.596. The normalized spacial score (nSPS) is 14.9. The Kier molecular flexibility index (Phi) is 10.1. The molecule has 0 aliphatic carbocycles. The Morgan fingerprint density at radius 2 is 0.930 bits per heavy atom. The summed E-state index contributed by atoms with van der Waals surface area (Å²) >= 11 is 1.64. The van der Waals surface area contributed by atoms with Crippen LogP contribution in [0.15, 0.2) is 45.2 Å². The Balaban J connectivity index is 1.50. The van der Waals surface area contributed by atoms with E-state index in [4.69, 9.17) is 18.8 Å². The van der Waals surface area contributed by atoms with Crippen molar-refractivity contribution in [2.45, 2.75) is 107 Å². The Hall–Kier alpha value is -2.92. The fourth-order valence-electron chi connectivity index (χ4n) is 5.78. The second-order valence-electron chi connectivity index (χ2n) is 13.3. The molecule has 4 nitrogen and oxygen atoms in total. The van der Waals surface area contributed by atoms with Gasteiger partial charge in [0.05, 0.1) is 9.75 Å². The largest absolute Gasteiger partial charge is 0.435 e. The molecule has 0 saturated heterocycles. The third-order valence-electron chi connectivity index (χ3n) is 9.37. The summed E-state index contributed by atoms with van der Waals surface area (Å²) in [6.45, 7) is 18.3. The average molecular weight is 599 g/mol. The van der Waals surface area contributed by atoms with Crippen LogP contribution in [0, 0.1) is 23.7 Å². The zero-order valence-electron chi connectivity index (χ0n) is 27.5. The van der Waals surface area contributed by atoms with E-state index in [9.17, 15) is 0 Å². The maximum absolute atomic E-state index is 6.51. The summed E-state index contributed by atoms with van der Waals surface area (Å²) in [7, 11) is 0. The number of benzene rings is 2. The molecule has 0 bridgehead atoms. The number of rotatable bonds is 14. The highest BCUT2D eigenvalue weighted by Crippen LogP contribution is 2.38. The first-order valence-electron chi connectivity index (χ1n) is 16.7. The van der Waals surface area contributed by atoms with Crippen LogP contribution >= 0.6 is 11.3 Å². The van der Waals surface area contributed by atoms with E-state index < -0.39 is 0 Å². The van der Waals surface area contributed by atoms with Gasteiger partial charge >= 0.3 is 0 Å². The third-order valence-corrected chi connectivity index (χ3v) is 10.4. The molecule has 0 N–H and O–H groups in total. The van der Waals surface area contributed by atoms with Crippen LogP contribution in [-0.4, -0.2) is 9.97 Å². The molecule has 4 unspecified atom stereocenters. The molecule has 0 spiro atoms. The zero-order valence-corrected chi connectivity index (χ0v) is 28.4. The van der Waals surface area contributed by atoms with Crippen LogP contribution in [0.3, 0.4) is 0 Å². The Morgan fingerprint density at radius 1 is 0.558 bits per heavy atom. The lowest BCUT2D eigenvalue weighted by molar-refractivity contribution is 0.546. The van der Waals surface area contributed by atoms with Crippen molar-refractivity contribution in [1.29, 1.82) is 0 Å². The van der Waals surface area contributed by atoms with Crippen molar-refractivity contribution in [2.24, 2.45) is 23.7 Å². The number of hydrogen-bond acceptors (Lipinski definition) is 5. The zero-order chi connectivity index (χ0) is 30.7. The summed E-state index contributed by atoms with van der Waals surface area (Å²) < 4.78 is 13.0. The van der Waals surface area contributed by atoms with Crippen molar-refractivity contribution in [1.82, 2.24) is 9.97 Å². The fourth-order valence-corrected chi connectivity index (χ4v) is 6.64. The molecule has 2 aromatic carbocycles. The highest BCUT2D eigenvalue weighted by atomic mass is 32.1. The van der Waals surface area contributed by atoms with Crippen LogP contribution in [0.25, 0.3) is 43.7 Å². The van der Waals surface area contributed by atoms with Gasteiger partial charge < -0.3 is 8.83 Å². The van der Waals surface area contributed by atoms with E-state index in [-0.39, 0.29) is 0 Å². The Morgan fingerprint density at radius 3 is 1.30 bits per heavy atom. The van der Waals surface area contributed by atoms with Crippen LogP contribution in [0.4, 0.5) is 0 Å². The van der Waals surface area contributed by atoms with Crippen molar-refractivity contribution in [2.75, 3.05) is 0 Å². The summed E-state index contributed by atoms with van der Waals surface area (Å²) in [5.74, 6) is 3.85. The Labute approximate surface area is 262 Å². The summed E-state index contributed by atoms with van der Waals surface area (Å²) in [5.41, 5.74) is 9.08. The topological polar surface area (TPSA) is 52.1 Å². The van der Waals surface area contributed by atoms with Gasteiger partial charge in [-0.1, -0.05) is 93.2 Å². The van der Waals surface area contributed by atoms with Gasteiger partial charge in [0.15, 0.2) is 11.2 Å². The number of nitrogens with zero attached hydrogens (tertiary/aromatic N) is 2. The van der Waals surface area contributed by atoms with E-state index >= 15 is 0 Å². The molecule has 5 aromatic rings. The molecule has 0 fully saturated rings. The number of aromatic nitrogens is 2. The van der Waals surface area contributed by atoms with Gasteiger partial charge in [0, 0.05) is 0 Å². The summed E-state index contributed by atoms with van der Waals surface area (Å²) in [5, 5.41) is 0. The van der Waals surface area contributed by atoms with Gasteiger partial charge in [0.25, 0.3) is 0 Å². The standard InChI is InChI=1S/C38H50N2O2S/c1-9-23(5)15-27-19-29(17-25(7)11-3)35-31(21-27)39-37(41-35)33-13-14-34(43-33)38-40-32-22-28(16-24(6)10-2)20-30(36(32)42-38)18-26(8)12-4/h13-14,19-26H,9-12,15-18H2,1-8H3. The predicted octanol–water partition coefficient (Wildman–Crippen LogP) is 11.7. The molecule has 3 heterocycles. The van der Waals surface area contributed by atoms with E-state index in [1.807, 2.05) is 0 Å². The number of hydrogen-bond donors (Lipinski definition) is 0. The quantitative estimate of drug-likeness (QED) is 0.128. The van der Waals surface area contributed by atoms with Crippen LogP contribution < -0.4 is 0 Å². The van der Waals surface area contributed by atoms with E-state index in [1.54, 1.807) is 11.3 Å². The summed E-state index contributed by atoms with van der Waals surface area (Å²) in [4.78, 5) is 12.0. The molecule has 5 heteroatoms. The number of thiophene rings is 1. The molecular weight excluding hydrogens is 548 g/mol. The molecule has 0 amide bonds. The van der Waals surface area contributed by atoms with E-state index in [2.05, 4.69) is 91.8 Å². The van der Waals surface area contributed by atoms with Gasteiger partial charge in [-0.15, -0.1) is 11.3 Å². The molecular formula is C38H50N2O2S. The molecule has 4 atom stereocenters. The van der Waals surface area contributed by atoms with Gasteiger partial charge in [-0.05, 0) is 95.9 Å². The minimum absolute atomic E-state index is 0.596. The SMILES string of the molecule is CCC(C)Cc1cc(CC(C)CC)c2oc(-c3ccc(-c4nc5cc(CC(C)CC)cc(CC(C)CC)c5o4)s3)nc2c1. The van der Waals surface area contributed by atoms with Crippen molar-refractivity contribution in [3.8, 4) is 21.5 Å². The van der Waals surface area contributed by atoms with Gasteiger partial charge in [0.1, 0.15) is 11.0 Å². The summed E-state index contributed by atoms with van der Waals surface area (Å²) in [6, 6.07) is 13.4. The maximum Gasteiger partial charge on any atom is 0.237 e. The van der Waals surface area contributed by atoms with Gasteiger partial charge in [-0.2, -0.15) is 0 Å². The second-order valence-corrected chi connectivity index (χ2v) is 14.4. The molecule has 0 saturated carbocycles. The summed E-state index contributed by atoms with van der Waals surface area (Å²) in [6.07, 6.45) is 8.80. The monoisotopic (exact) mass is 598 g/mol. The third kappa shape index (κ3) is 7.25. The fraction of sp³-hybridized carbons (Fsp3) is 0.526. The predicted molar refractivity (Wildman–Crippen MR) is 183 cm³/mol. The lowest BCUT2D eigenvalue weighted by atomic mass is 9.93. The first-order valence-corrected chi connectivity index (χ1v) is 17.5. The smallest absolute Gasteiger partial charge is 0.237 e. The van der Waals surface area contributed by atoms with E-state index in [1.165, 1.54) is 35.1 Å². The molecule has 0 aliphatic heterocycles. The molecule has 0 aliphatic rings. The van der Waals surface area contributed by atoms with Gasteiger partial charge in [0.2, 0.25) is 11.8 Å². The van der Waals surface area contributed by atoms with Crippen LogP contribution in [0.1, 0.15) is 103 Å². The lowest BCUT2D eigenvalue weighted by Crippen LogP contribution is -2.02. The van der Waals surface area contributed by atoms with Crippen molar-refractivity contribution in [3.63, 3.8) is 0 Å². The van der Waals surface area contributed by atoms with Gasteiger partial charge in [-0.25, -0.2) is 9.97 Å². The number of oxazole rings is 2. The van der Waals surface area contributed by atoms with Crippen LogP contribution in [-0.2, 0) is 25.7 Å². The van der Waals surface area contributed by atoms with Crippen LogP contribution in [0.2, 0.25) is 0 Å². The van der Waals surface area contributed by atoms with Crippen molar-refractivity contribution in [3.05, 3.63) is 58.7 Å². The molecule has 43 heavy (non-hydrogen) atoms. The lowest BCUT2D eigenvalue weighted by Gasteiger charge is -2.12. The minimum Gasteiger partial charge on any atom is -0.435 e. The molecule has 3 aromatic heterocycles. The average Bonchev–Trinajstić information content (AvgIpc) is 3.75. The Bertz CT molecular complexity index is 1540. The first-order chi connectivity index (χ1) is 20.7. The molecule has 5 rings (SSSR count). The first kappa shape index (κ1) is 31.5. The van der Waals surface area contributed by atoms with E-state index in [0.29, 0.717) is 35.5 Å². The number of fused-ring (bicyclic) bond motifs is 2. The van der Waals surface area contributed by atoms with Gasteiger partial charge in [-0.3, -0.25) is 0 Å². The maximum atomic E-state index is 6.51. The van der Waals surface area contributed by atoms with Crippen molar-refractivity contribution >= 4 is 33.5 Å². The highest BCUT2D eigenvalue weighted by Gasteiger charge is 2.20. The second kappa shape index (κ2) is 13.8. The molecule has 0 radical (unpaired) electrons. The van der Waals surface area contributed by atoms with Crippen molar-refractivity contribution < 1.29 is 8.83 Å². The molecule has 230 valence electrons. The van der Waals surface area contributed by atoms with E-state index in [0.717, 1.165) is 70.5 Å². The highest BCUT2D eigenvalue weighted by molar-refractivity contribution is 7.18. The van der Waals surface area contributed by atoms with Crippen LogP contribution in [0.5, 0.6) is 0 Å².